The molecule has 2 N–H and O–H groups in total. The van der Waals surface area contributed by atoms with Crippen molar-refractivity contribution in [1.29, 1.82) is 0 Å². The molecule has 0 radical (unpaired) electrons. The molecule has 1 fully saturated rings. The molecular formula is C16H23N3O2. The Bertz CT molecular complexity index is 553. The first-order valence-electron chi connectivity index (χ1n) is 7.46. The second-order valence-corrected chi connectivity index (χ2v) is 6.87. The molecule has 5 heteroatoms. The van der Waals surface area contributed by atoms with Crippen molar-refractivity contribution in [2.75, 3.05) is 18.4 Å². The zero-order valence-corrected chi connectivity index (χ0v) is 12.9. The van der Waals surface area contributed by atoms with Crippen molar-refractivity contribution in [1.82, 2.24) is 10.2 Å². The van der Waals surface area contributed by atoms with Crippen molar-refractivity contribution < 1.29 is 9.53 Å². The number of para-hydroxylation sites is 1. The van der Waals surface area contributed by atoms with Crippen LogP contribution in [0, 0.1) is 0 Å². The van der Waals surface area contributed by atoms with E-state index < -0.39 is 5.60 Å². The van der Waals surface area contributed by atoms with Crippen LogP contribution in [0.5, 0.6) is 0 Å². The number of carbonyl (C=O) groups excluding carboxylic acids is 1. The van der Waals surface area contributed by atoms with E-state index in [1.807, 2.05) is 32.9 Å². The molecule has 1 atom stereocenters. The summed E-state index contributed by atoms with van der Waals surface area (Å²) < 4.78 is 5.46. The predicted molar refractivity (Wildman–Crippen MR) is 82.1 cm³/mol. The molecule has 1 amide bonds. The Kier molecular flexibility index (Phi) is 3.32. The largest absolute Gasteiger partial charge is 0.444 e. The van der Waals surface area contributed by atoms with Crippen LogP contribution in [0.2, 0.25) is 0 Å². The van der Waals surface area contributed by atoms with E-state index in [0.717, 1.165) is 18.7 Å². The van der Waals surface area contributed by atoms with Gasteiger partial charge >= 0.3 is 6.09 Å². The fraction of sp³-hybridized carbons (Fsp3) is 0.562. The summed E-state index contributed by atoms with van der Waals surface area (Å²) in [4.78, 5) is 14.0. The van der Waals surface area contributed by atoms with Crippen molar-refractivity contribution in [2.24, 2.45) is 0 Å². The number of anilines is 1. The summed E-state index contributed by atoms with van der Waals surface area (Å²) in [7, 11) is 0. The average molecular weight is 289 g/mol. The molecule has 1 aromatic rings. The van der Waals surface area contributed by atoms with Gasteiger partial charge in [-0.1, -0.05) is 18.2 Å². The number of benzene rings is 1. The maximum Gasteiger partial charge on any atom is 0.410 e. The number of nitrogens with zero attached hydrogens (tertiary/aromatic N) is 1. The Labute approximate surface area is 125 Å². The molecule has 3 rings (SSSR count). The first-order chi connectivity index (χ1) is 9.87. The first-order valence-corrected chi connectivity index (χ1v) is 7.46. The van der Waals surface area contributed by atoms with Crippen LogP contribution in [-0.4, -0.2) is 35.3 Å². The van der Waals surface area contributed by atoms with Crippen LogP contribution in [0.25, 0.3) is 0 Å². The zero-order valence-electron chi connectivity index (χ0n) is 12.9. The highest BCUT2D eigenvalue weighted by molar-refractivity contribution is 5.69. The topological polar surface area (TPSA) is 53.6 Å². The third-order valence-corrected chi connectivity index (χ3v) is 3.93. The maximum atomic E-state index is 12.2. The summed E-state index contributed by atoms with van der Waals surface area (Å²) in [6, 6.07) is 8.28. The third-order valence-electron chi connectivity index (χ3n) is 3.93. The summed E-state index contributed by atoms with van der Waals surface area (Å²) >= 11 is 0. The van der Waals surface area contributed by atoms with Gasteiger partial charge in [-0.15, -0.1) is 0 Å². The molecule has 0 aliphatic carbocycles. The van der Waals surface area contributed by atoms with Gasteiger partial charge in [-0.25, -0.2) is 4.79 Å². The van der Waals surface area contributed by atoms with E-state index in [0.29, 0.717) is 13.1 Å². The fourth-order valence-corrected chi connectivity index (χ4v) is 2.90. The molecule has 114 valence electrons. The molecule has 21 heavy (non-hydrogen) atoms. The van der Waals surface area contributed by atoms with Crippen LogP contribution in [0.3, 0.4) is 0 Å². The number of ether oxygens (including phenoxy) is 1. The monoisotopic (exact) mass is 289 g/mol. The van der Waals surface area contributed by atoms with Crippen LogP contribution in [0.4, 0.5) is 10.5 Å². The standard InChI is InChI=1S/C16H23N3O2/c1-15(2,3)21-14(20)19-9-8-16(11-19)17-10-12-6-4-5-7-13(12)18-16/h4-7,17-18H,8-11H2,1-3H3. The SMILES string of the molecule is CC(C)(C)OC(=O)N1CCC2(C1)NCc1ccccc1N2. The van der Waals surface area contributed by atoms with E-state index in [2.05, 4.69) is 22.8 Å². The predicted octanol–water partition coefficient (Wildman–Crippen LogP) is 2.54. The van der Waals surface area contributed by atoms with Gasteiger partial charge in [0.1, 0.15) is 11.3 Å². The molecule has 1 unspecified atom stereocenters. The van der Waals surface area contributed by atoms with Crippen molar-refractivity contribution >= 4 is 11.8 Å². The Morgan fingerprint density at radius 2 is 2.10 bits per heavy atom. The molecule has 2 aliphatic rings. The highest BCUT2D eigenvalue weighted by atomic mass is 16.6. The molecule has 1 aromatic carbocycles. The van der Waals surface area contributed by atoms with E-state index >= 15 is 0 Å². The van der Waals surface area contributed by atoms with E-state index in [9.17, 15) is 4.79 Å². The molecule has 1 saturated heterocycles. The van der Waals surface area contributed by atoms with Gasteiger partial charge in [0.05, 0.1) is 6.54 Å². The number of rotatable bonds is 0. The van der Waals surface area contributed by atoms with Gasteiger partial charge in [-0.2, -0.15) is 0 Å². The van der Waals surface area contributed by atoms with E-state index in [4.69, 9.17) is 4.74 Å². The number of carbonyl (C=O) groups is 1. The lowest BCUT2D eigenvalue weighted by molar-refractivity contribution is 0.0283. The summed E-state index contributed by atoms with van der Waals surface area (Å²) in [6.07, 6.45) is 0.641. The minimum Gasteiger partial charge on any atom is -0.444 e. The van der Waals surface area contributed by atoms with Crippen LogP contribution in [-0.2, 0) is 11.3 Å². The summed E-state index contributed by atoms with van der Waals surface area (Å²) in [6.45, 7) is 7.83. The number of hydrogen-bond acceptors (Lipinski definition) is 4. The summed E-state index contributed by atoms with van der Waals surface area (Å²) in [5.41, 5.74) is 1.74. The van der Waals surface area contributed by atoms with Crippen molar-refractivity contribution in [2.45, 2.75) is 45.0 Å². The molecule has 5 nitrogen and oxygen atoms in total. The van der Waals surface area contributed by atoms with E-state index in [1.54, 1.807) is 4.90 Å². The normalized spacial score (nSPS) is 24.6. The van der Waals surface area contributed by atoms with Gasteiger partial charge in [0.15, 0.2) is 0 Å². The van der Waals surface area contributed by atoms with Gasteiger partial charge < -0.3 is 15.0 Å². The third kappa shape index (κ3) is 2.97. The first kappa shape index (κ1) is 14.2. The van der Waals surface area contributed by atoms with Gasteiger partial charge in [-0.3, -0.25) is 5.32 Å². The van der Waals surface area contributed by atoms with Gasteiger partial charge in [0.2, 0.25) is 0 Å². The van der Waals surface area contributed by atoms with Crippen molar-refractivity contribution in [3.05, 3.63) is 29.8 Å². The smallest absolute Gasteiger partial charge is 0.410 e. The van der Waals surface area contributed by atoms with E-state index in [-0.39, 0.29) is 11.8 Å². The average Bonchev–Trinajstić information content (AvgIpc) is 2.81. The lowest BCUT2D eigenvalue weighted by Crippen LogP contribution is -2.56. The van der Waals surface area contributed by atoms with E-state index in [1.165, 1.54) is 5.56 Å². The highest BCUT2D eigenvalue weighted by Crippen LogP contribution is 2.31. The minimum atomic E-state index is -0.452. The summed E-state index contributed by atoms with van der Waals surface area (Å²) in [5.74, 6) is 0. The lowest BCUT2D eigenvalue weighted by atomic mass is 10.0. The highest BCUT2D eigenvalue weighted by Gasteiger charge is 2.42. The number of fused-ring (bicyclic) bond motifs is 1. The zero-order chi connectivity index (χ0) is 15.1. The second-order valence-electron chi connectivity index (χ2n) is 6.87. The Morgan fingerprint density at radius 3 is 2.86 bits per heavy atom. The quantitative estimate of drug-likeness (QED) is 0.770. The van der Waals surface area contributed by atoms with Crippen LogP contribution in [0.1, 0.15) is 32.8 Å². The number of nitrogens with one attached hydrogen (secondary N) is 2. The molecule has 0 bridgehead atoms. The Hall–Kier alpha value is -1.75. The second kappa shape index (κ2) is 4.91. The molecule has 2 heterocycles. The number of likely N-dealkylation sites (tertiary alicyclic amines) is 1. The van der Waals surface area contributed by atoms with Gasteiger partial charge in [0, 0.05) is 25.2 Å². The molecule has 0 aromatic heterocycles. The molecule has 1 spiro atoms. The minimum absolute atomic E-state index is 0.231. The Balaban J connectivity index is 1.69. The lowest BCUT2D eigenvalue weighted by Gasteiger charge is -2.38. The van der Waals surface area contributed by atoms with Gasteiger partial charge in [0.25, 0.3) is 0 Å². The Morgan fingerprint density at radius 1 is 1.33 bits per heavy atom. The fourth-order valence-electron chi connectivity index (χ4n) is 2.90. The van der Waals surface area contributed by atoms with Crippen molar-refractivity contribution in [3.8, 4) is 0 Å². The molecule has 0 saturated carbocycles. The van der Waals surface area contributed by atoms with Crippen LogP contribution >= 0.6 is 0 Å². The molecule has 2 aliphatic heterocycles. The summed E-state index contributed by atoms with van der Waals surface area (Å²) in [5, 5.41) is 7.10. The van der Waals surface area contributed by atoms with Gasteiger partial charge in [-0.05, 0) is 32.4 Å². The van der Waals surface area contributed by atoms with Crippen molar-refractivity contribution in [3.63, 3.8) is 0 Å². The maximum absolute atomic E-state index is 12.2. The number of amides is 1. The number of hydrogen-bond donors (Lipinski definition) is 2. The van der Waals surface area contributed by atoms with Crippen LogP contribution in [0.15, 0.2) is 24.3 Å². The van der Waals surface area contributed by atoms with Crippen LogP contribution < -0.4 is 10.6 Å². The molecular weight excluding hydrogens is 266 g/mol.